The smallest absolute Gasteiger partial charge is 0.250 e. The van der Waals surface area contributed by atoms with Crippen LogP contribution in [0.15, 0.2) is 30.7 Å². The van der Waals surface area contributed by atoms with E-state index in [0.717, 1.165) is 6.42 Å². The predicted molar refractivity (Wildman–Crippen MR) is 116 cm³/mol. The molecule has 0 radical (unpaired) electrons. The number of aromatic nitrogens is 2. The molecule has 1 amide bonds. The summed E-state index contributed by atoms with van der Waals surface area (Å²) < 4.78 is 26.0. The van der Waals surface area contributed by atoms with Crippen LogP contribution < -0.4 is 26.6 Å². The maximum atomic E-state index is 15.5. The van der Waals surface area contributed by atoms with Gasteiger partial charge in [-0.1, -0.05) is 17.3 Å². The number of halogens is 1. The number of hydrogen-bond donors (Lipinski definition) is 3. The summed E-state index contributed by atoms with van der Waals surface area (Å²) in [6, 6.07) is 2.62. The fraction of sp³-hybridized carbons (Fsp3) is 0.476. The summed E-state index contributed by atoms with van der Waals surface area (Å²) in [7, 11) is 1.56. The van der Waals surface area contributed by atoms with Crippen molar-refractivity contribution in [1.29, 1.82) is 0 Å². The van der Waals surface area contributed by atoms with E-state index in [1.54, 1.807) is 7.11 Å². The number of carbonyl (C=O) groups excluding carboxylic acids is 1. The maximum Gasteiger partial charge on any atom is 0.250 e. The molecule has 3 rings (SSSR count). The van der Waals surface area contributed by atoms with Gasteiger partial charge < -0.3 is 26.3 Å². The standard InChI is InChI=1S/C21H29FN6O3/c1-13(23)17(7-14-3-4-14)27-18-12-26-20(31-6-5-30-2)9-19(18)28(22)16-8-15(21(24)29)10-25-11-16/h8-14,17,27H,3-7,23H2,1-2H3,(H2,24,29)/t13-,17+/m0/s1. The molecule has 2 aromatic heterocycles. The third kappa shape index (κ3) is 6.25. The van der Waals surface area contributed by atoms with Gasteiger partial charge in [0.05, 0.1) is 35.9 Å². The van der Waals surface area contributed by atoms with E-state index in [2.05, 4.69) is 15.3 Å². The Balaban J connectivity index is 1.92. The number of rotatable bonds is 12. The van der Waals surface area contributed by atoms with Gasteiger partial charge in [-0.3, -0.25) is 9.78 Å². The molecule has 1 aliphatic carbocycles. The van der Waals surface area contributed by atoms with Gasteiger partial charge in [0.25, 0.3) is 0 Å². The number of carbonyl (C=O) groups is 1. The lowest BCUT2D eigenvalue weighted by atomic mass is 10.0. The highest BCUT2D eigenvalue weighted by atomic mass is 19.2. The number of nitrogens with one attached hydrogen (secondary N) is 1. The third-order valence-corrected chi connectivity index (χ3v) is 5.10. The first kappa shape index (κ1) is 22.7. The van der Waals surface area contributed by atoms with Crippen molar-refractivity contribution < 1.29 is 18.7 Å². The van der Waals surface area contributed by atoms with E-state index in [0.29, 0.717) is 23.3 Å². The van der Waals surface area contributed by atoms with Crippen LogP contribution in [0.25, 0.3) is 0 Å². The zero-order chi connectivity index (χ0) is 22.4. The van der Waals surface area contributed by atoms with E-state index in [1.165, 1.54) is 43.6 Å². The van der Waals surface area contributed by atoms with Crippen LogP contribution in [-0.2, 0) is 4.74 Å². The van der Waals surface area contributed by atoms with Gasteiger partial charge in [0.15, 0.2) is 0 Å². The molecule has 9 nitrogen and oxygen atoms in total. The van der Waals surface area contributed by atoms with Crippen molar-refractivity contribution in [1.82, 2.24) is 9.97 Å². The number of primary amides is 1. The molecule has 5 N–H and O–H groups in total. The van der Waals surface area contributed by atoms with Crippen LogP contribution in [0, 0.1) is 5.92 Å². The first-order chi connectivity index (χ1) is 14.9. The summed E-state index contributed by atoms with van der Waals surface area (Å²) in [5.74, 6) is 0.175. The highest BCUT2D eigenvalue weighted by Gasteiger charge is 2.28. The number of nitrogens with zero attached hydrogens (tertiary/aromatic N) is 3. The van der Waals surface area contributed by atoms with Crippen LogP contribution in [0.2, 0.25) is 0 Å². The van der Waals surface area contributed by atoms with Crippen molar-refractivity contribution in [3.8, 4) is 5.88 Å². The SMILES string of the molecule is COCCOc1cc(N(F)c2cncc(C(N)=O)c2)c(N[C@H](CC2CC2)[C@H](C)N)cn1. The zero-order valence-electron chi connectivity index (χ0n) is 17.8. The summed E-state index contributed by atoms with van der Waals surface area (Å²) >= 11 is 0. The molecule has 0 spiro atoms. The van der Waals surface area contributed by atoms with Gasteiger partial charge in [0, 0.05) is 31.5 Å². The Morgan fingerprint density at radius 2 is 2.10 bits per heavy atom. The second-order valence-corrected chi connectivity index (χ2v) is 7.75. The molecule has 2 atom stereocenters. The lowest BCUT2D eigenvalue weighted by molar-refractivity contribution is 0.1000. The fourth-order valence-electron chi connectivity index (χ4n) is 3.13. The van der Waals surface area contributed by atoms with Crippen molar-refractivity contribution in [3.63, 3.8) is 0 Å². The van der Waals surface area contributed by atoms with Gasteiger partial charge in [-0.2, -0.15) is 5.12 Å². The first-order valence-electron chi connectivity index (χ1n) is 10.2. The summed E-state index contributed by atoms with van der Waals surface area (Å²) in [6.45, 7) is 2.56. The van der Waals surface area contributed by atoms with Gasteiger partial charge in [0.2, 0.25) is 11.8 Å². The second kappa shape index (κ2) is 10.4. The largest absolute Gasteiger partial charge is 0.475 e. The molecule has 1 fully saturated rings. The number of pyridine rings is 2. The highest BCUT2D eigenvalue weighted by Crippen LogP contribution is 2.38. The lowest BCUT2D eigenvalue weighted by Crippen LogP contribution is -2.38. The topological polar surface area (TPSA) is 129 Å². The second-order valence-electron chi connectivity index (χ2n) is 7.75. The van der Waals surface area contributed by atoms with E-state index in [-0.39, 0.29) is 41.5 Å². The Bertz CT molecular complexity index is 893. The minimum Gasteiger partial charge on any atom is -0.475 e. The van der Waals surface area contributed by atoms with Crippen LogP contribution in [0.5, 0.6) is 5.88 Å². The summed E-state index contributed by atoms with van der Waals surface area (Å²) in [5.41, 5.74) is 12.2. The number of ether oxygens (including phenoxy) is 2. The molecule has 0 bridgehead atoms. The maximum absolute atomic E-state index is 15.5. The van der Waals surface area contributed by atoms with Crippen molar-refractivity contribution in [2.24, 2.45) is 17.4 Å². The van der Waals surface area contributed by atoms with Crippen LogP contribution in [0.4, 0.5) is 21.5 Å². The minimum atomic E-state index is -0.694. The summed E-state index contributed by atoms with van der Waals surface area (Å²) in [5, 5.41) is 3.76. The van der Waals surface area contributed by atoms with Gasteiger partial charge in [-0.05, 0) is 25.3 Å². The Kier molecular flexibility index (Phi) is 7.59. The number of amides is 1. The Morgan fingerprint density at radius 3 is 2.74 bits per heavy atom. The van der Waals surface area contributed by atoms with Crippen molar-refractivity contribution in [3.05, 3.63) is 36.3 Å². The first-order valence-corrected chi connectivity index (χ1v) is 10.2. The molecule has 2 heterocycles. The molecule has 1 aliphatic rings. The molecule has 0 aromatic carbocycles. The van der Waals surface area contributed by atoms with Crippen molar-refractivity contribution in [2.45, 2.75) is 38.3 Å². The Labute approximate surface area is 180 Å². The zero-order valence-corrected chi connectivity index (χ0v) is 17.8. The average Bonchev–Trinajstić information content (AvgIpc) is 3.58. The van der Waals surface area contributed by atoms with Gasteiger partial charge in [0.1, 0.15) is 12.3 Å². The van der Waals surface area contributed by atoms with Gasteiger partial charge >= 0.3 is 0 Å². The normalized spacial score (nSPS) is 15.2. The lowest BCUT2D eigenvalue weighted by Gasteiger charge is -2.26. The van der Waals surface area contributed by atoms with E-state index in [9.17, 15) is 4.79 Å². The van der Waals surface area contributed by atoms with Gasteiger partial charge in [-0.15, -0.1) is 0 Å². The Morgan fingerprint density at radius 1 is 1.32 bits per heavy atom. The van der Waals surface area contributed by atoms with Crippen LogP contribution in [0.3, 0.4) is 0 Å². The van der Waals surface area contributed by atoms with Crippen molar-refractivity contribution in [2.75, 3.05) is 30.8 Å². The summed E-state index contributed by atoms with van der Waals surface area (Å²) in [6.07, 6.45) is 7.36. The van der Waals surface area contributed by atoms with Gasteiger partial charge in [-0.25, -0.2) is 4.98 Å². The number of nitrogens with two attached hydrogens (primary N) is 2. The molecule has 2 aromatic rings. The predicted octanol–water partition coefficient (Wildman–Crippen LogP) is 2.55. The van der Waals surface area contributed by atoms with E-state index in [1.807, 2.05) is 6.92 Å². The average molecular weight is 433 g/mol. The molecule has 168 valence electrons. The third-order valence-electron chi connectivity index (χ3n) is 5.10. The molecule has 0 unspecified atom stereocenters. The van der Waals surface area contributed by atoms with Crippen LogP contribution in [-0.4, -0.2) is 48.3 Å². The molecule has 10 heteroatoms. The monoisotopic (exact) mass is 432 g/mol. The van der Waals surface area contributed by atoms with E-state index in [4.69, 9.17) is 20.9 Å². The van der Waals surface area contributed by atoms with Crippen molar-refractivity contribution >= 4 is 23.0 Å². The molecular formula is C21H29FN6O3. The fourth-order valence-corrected chi connectivity index (χ4v) is 3.13. The number of hydrogen-bond acceptors (Lipinski definition) is 8. The van der Waals surface area contributed by atoms with E-state index < -0.39 is 5.91 Å². The number of anilines is 3. The highest BCUT2D eigenvalue weighted by molar-refractivity contribution is 5.93. The molecule has 31 heavy (non-hydrogen) atoms. The molecule has 0 aliphatic heterocycles. The summed E-state index contributed by atoms with van der Waals surface area (Å²) in [4.78, 5) is 19.7. The molecular weight excluding hydrogens is 403 g/mol. The number of methoxy groups -OCH3 is 1. The molecule has 0 saturated heterocycles. The quantitative estimate of drug-likeness (QED) is 0.345. The van der Waals surface area contributed by atoms with E-state index >= 15 is 4.48 Å². The molecule has 1 saturated carbocycles. The van der Waals surface area contributed by atoms with Crippen LogP contribution in [0.1, 0.15) is 36.5 Å². The van der Waals surface area contributed by atoms with Crippen LogP contribution >= 0.6 is 0 Å². The minimum absolute atomic E-state index is 0.0446. The Hall–Kier alpha value is -2.98.